The highest BCUT2D eigenvalue weighted by molar-refractivity contribution is 4.79. The monoisotopic (exact) mass is 127 g/mol. The minimum Gasteiger partial charge on any atom is -0.313 e. The van der Waals surface area contributed by atoms with Gasteiger partial charge in [0, 0.05) is 13.2 Å². The summed E-state index contributed by atoms with van der Waals surface area (Å²) in [6.07, 6.45) is 3.55. The van der Waals surface area contributed by atoms with Gasteiger partial charge in [0.25, 0.3) is 0 Å². The summed E-state index contributed by atoms with van der Waals surface area (Å²) < 4.78 is 0. The maximum Gasteiger partial charge on any atom is 0.0510 e. The third-order valence-electron chi connectivity index (χ3n) is 0.734. The SMILES string of the molecule is CC.CNn1cccn1. The van der Waals surface area contributed by atoms with Crippen LogP contribution in [0, 0.1) is 0 Å². The number of nitrogens with one attached hydrogen (secondary N) is 1. The molecule has 0 fully saturated rings. The summed E-state index contributed by atoms with van der Waals surface area (Å²) in [6.45, 7) is 4.00. The molecule has 0 unspecified atom stereocenters. The molecule has 0 amide bonds. The van der Waals surface area contributed by atoms with Crippen molar-refractivity contribution in [2.75, 3.05) is 12.5 Å². The van der Waals surface area contributed by atoms with Crippen molar-refractivity contribution in [2.24, 2.45) is 0 Å². The molecule has 0 saturated heterocycles. The summed E-state index contributed by atoms with van der Waals surface area (Å²) in [5.74, 6) is 0. The van der Waals surface area contributed by atoms with Crippen molar-refractivity contribution in [3.8, 4) is 0 Å². The summed E-state index contributed by atoms with van der Waals surface area (Å²) in [5, 5.41) is 3.84. The largest absolute Gasteiger partial charge is 0.313 e. The van der Waals surface area contributed by atoms with Crippen LogP contribution in [0.5, 0.6) is 0 Å². The van der Waals surface area contributed by atoms with E-state index in [1.807, 2.05) is 33.2 Å². The van der Waals surface area contributed by atoms with Crippen molar-refractivity contribution in [3.63, 3.8) is 0 Å². The van der Waals surface area contributed by atoms with Crippen LogP contribution >= 0.6 is 0 Å². The lowest BCUT2D eigenvalue weighted by atomic mass is 10.8. The zero-order valence-electron chi connectivity index (χ0n) is 6.13. The van der Waals surface area contributed by atoms with Crippen molar-refractivity contribution < 1.29 is 0 Å². The first-order valence-electron chi connectivity index (χ1n) is 3.11. The van der Waals surface area contributed by atoms with E-state index in [0.717, 1.165) is 0 Å². The van der Waals surface area contributed by atoms with Gasteiger partial charge in [-0.15, -0.1) is 0 Å². The highest BCUT2D eigenvalue weighted by Gasteiger charge is 1.75. The molecule has 0 spiro atoms. The van der Waals surface area contributed by atoms with Gasteiger partial charge >= 0.3 is 0 Å². The summed E-state index contributed by atoms with van der Waals surface area (Å²) in [7, 11) is 1.81. The third kappa shape index (κ3) is 2.74. The van der Waals surface area contributed by atoms with E-state index in [1.165, 1.54) is 0 Å². The molecular weight excluding hydrogens is 114 g/mol. The van der Waals surface area contributed by atoms with E-state index >= 15 is 0 Å². The first kappa shape index (κ1) is 8.01. The summed E-state index contributed by atoms with van der Waals surface area (Å²) >= 11 is 0. The predicted octanol–water partition coefficient (Wildman–Crippen LogP) is 1.08. The van der Waals surface area contributed by atoms with Gasteiger partial charge in [-0.2, -0.15) is 9.89 Å². The fraction of sp³-hybridized carbons (Fsp3) is 0.500. The molecule has 1 N–H and O–H groups in total. The fourth-order valence-electron chi connectivity index (χ4n) is 0.401. The molecular formula is C6H13N3. The van der Waals surface area contributed by atoms with Crippen LogP contribution in [0.3, 0.4) is 0 Å². The molecule has 0 aromatic carbocycles. The van der Waals surface area contributed by atoms with Crippen LogP contribution in [0.4, 0.5) is 0 Å². The molecule has 0 aliphatic rings. The Labute approximate surface area is 55.7 Å². The first-order valence-corrected chi connectivity index (χ1v) is 3.11. The molecule has 0 aliphatic heterocycles. The lowest BCUT2D eigenvalue weighted by molar-refractivity contribution is 0.782. The Morgan fingerprint density at radius 2 is 2.11 bits per heavy atom. The van der Waals surface area contributed by atoms with Gasteiger partial charge < -0.3 is 5.43 Å². The van der Waals surface area contributed by atoms with Crippen molar-refractivity contribution in [1.29, 1.82) is 0 Å². The Morgan fingerprint density at radius 3 is 2.33 bits per heavy atom. The molecule has 0 atom stereocenters. The van der Waals surface area contributed by atoms with E-state index in [-0.39, 0.29) is 0 Å². The molecule has 1 aromatic heterocycles. The minimum absolute atomic E-state index is 1.62. The normalized spacial score (nSPS) is 7.44. The second kappa shape index (κ2) is 5.15. The highest BCUT2D eigenvalue weighted by Crippen LogP contribution is 1.74. The Balaban J connectivity index is 0.000000291. The van der Waals surface area contributed by atoms with E-state index in [1.54, 1.807) is 11.0 Å². The van der Waals surface area contributed by atoms with Crippen LogP contribution < -0.4 is 5.43 Å². The number of rotatable bonds is 1. The van der Waals surface area contributed by atoms with E-state index in [0.29, 0.717) is 0 Å². The topological polar surface area (TPSA) is 29.9 Å². The number of hydrogen-bond donors (Lipinski definition) is 1. The zero-order chi connectivity index (χ0) is 7.11. The van der Waals surface area contributed by atoms with Crippen LogP contribution in [-0.2, 0) is 0 Å². The van der Waals surface area contributed by atoms with Crippen LogP contribution in [0.15, 0.2) is 18.5 Å². The van der Waals surface area contributed by atoms with Gasteiger partial charge in [0.2, 0.25) is 0 Å². The average Bonchev–Trinajstić information content (AvgIpc) is 2.43. The Morgan fingerprint density at radius 1 is 1.44 bits per heavy atom. The third-order valence-corrected chi connectivity index (χ3v) is 0.734. The predicted molar refractivity (Wildman–Crippen MR) is 38.9 cm³/mol. The summed E-state index contributed by atoms with van der Waals surface area (Å²) in [5.41, 5.74) is 2.81. The molecule has 1 rings (SSSR count). The molecule has 52 valence electrons. The van der Waals surface area contributed by atoms with Gasteiger partial charge in [-0.3, -0.25) is 0 Å². The van der Waals surface area contributed by atoms with Crippen molar-refractivity contribution in [3.05, 3.63) is 18.5 Å². The molecule has 1 heterocycles. The standard InChI is InChI=1S/C4H7N3.C2H6/c1-5-7-4-2-3-6-7;1-2/h2-5H,1H3;1-2H3. The van der Waals surface area contributed by atoms with Crippen LogP contribution in [-0.4, -0.2) is 16.9 Å². The molecule has 0 radical (unpaired) electrons. The smallest absolute Gasteiger partial charge is 0.0510 e. The molecule has 0 saturated carbocycles. The molecule has 0 aliphatic carbocycles. The maximum absolute atomic E-state index is 3.84. The second-order valence-electron chi connectivity index (χ2n) is 1.17. The minimum atomic E-state index is 1.62. The Hall–Kier alpha value is -0.990. The summed E-state index contributed by atoms with van der Waals surface area (Å²) in [6, 6.07) is 1.86. The number of nitrogens with zero attached hydrogens (tertiary/aromatic N) is 2. The van der Waals surface area contributed by atoms with E-state index in [4.69, 9.17) is 0 Å². The molecule has 3 nitrogen and oxygen atoms in total. The van der Waals surface area contributed by atoms with Gasteiger partial charge in [-0.05, 0) is 6.07 Å². The molecule has 1 aromatic rings. The molecule has 0 bridgehead atoms. The van der Waals surface area contributed by atoms with Crippen LogP contribution in [0.25, 0.3) is 0 Å². The molecule has 3 heteroatoms. The molecule has 9 heavy (non-hydrogen) atoms. The van der Waals surface area contributed by atoms with Crippen LogP contribution in [0.2, 0.25) is 0 Å². The van der Waals surface area contributed by atoms with Gasteiger partial charge in [0.15, 0.2) is 0 Å². The maximum atomic E-state index is 3.84. The van der Waals surface area contributed by atoms with Crippen molar-refractivity contribution in [2.45, 2.75) is 13.8 Å². The van der Waals surface area contributed by atoms with E-state index in [2.05, 4.69) is 10.5 Å². The zero-order valence-corrected chi connectivity index (χ0v) is 6.13. The summed E-state index contributed by atoms with van der Waals surface area (Å²) in [4.78, 5) is 1.62. The Bertz CT molecular complexity index is 123. The van der Waals surface area contributed by atoms with Crippen LogP contribution in [0.1, 0.15) is 13.8 Å². The highest BCUT2D eigenvalue weighted by atomic mass is 15.5. The van der Waals surface area contributed by atoms with Gasteiger partial charge in [-0.1, -0.05) is 13.8 Å². The lowest BCUT2D eigenvalue weighted by Gasteiger charge is -1.92. The Kier molecular flexibility index (Phi) is 4.59. The van der Waals surface area contributed by atoms with Gasteiger partial charge in [0.05, 0.1) is 6.20 Å². The average molecular weight is 127 g/mol. The fourth-order valence-corrected chi connectivity index (χ4v) is 0.401. The number of hydrogen-bond acceptors (Lipinski definition) is 2. The number of aromatic nitrogens is 2. The van der Waals surface area contributed by atoms with Crippen molar-refractivity contribution >= 4 is 0 Å². The van der Waals surface area contributed by atoms with Gasteiger partial charge in [-0.25, -0.2) is 0 Å². The van der Waals surface area contributed by atoms with Crippen molar-refractivity contribution in [1.82, 2.24) is 9.89 Å². The van der Waals surface area contributed by atoms with Gasteiger partial charge in [0.1, 0.15) is 0 Å². The van der Waals surface area contributed by atoms with E-state index < -0.39 is 0 Å². The lowest BCUT2D eigenvalue weighted by Crippen LogP contribution is -2.07. The first-order chi connectivity index (χ1) is 4.43. The second-order valence-corrected chi connectivity index (χ2v) is 1.17. The van der Waals surface area contributed by atoms with E-state index in [9.17, 15) is 0 Å². The quantitative estimate of drug-likeness (QED) is 0.611.